The Morgan fingerprint density at radius 1 is 1.59 bits per heavy atom. The highest BCUT2D eigenvalue weighted by molar-refractivity contribution is 9.10. The summed E-state index contributed by atoms with van der Waals surface area (Å²) in [6.45, 7) is 2.19. The number of rotatable bonds is 3. The maximum Gasteiger partial charge on any atom is 0.145 e. The van der Waals surface area contributed by atoms with Crippen LogP contribution in [-0.2, 0) is 6.42 Å². The van der Waals surface area contributed by atoms with Crippen LogP contribution < -0.4 is 10.1 Å². The highest BCUT2D eigenvalue weighted by Crippen LogP contribution is 2.29. The van der Waals surface area contributed by atoms with Crippen molar-refractivity contribution in [1.29, 1.82) is 0 Å². The number of hydrogen-bond donors (Lipinski definition) is 1. The Hall–Kier alpha value is -1.07. The molecule has 0 bridgehead atoms. The van der Waals surface area contributed by atoms with E-state index < -0.39 is 0 Å². The second-order valence-corrected chi connectivity index (χ2v) is 5.09. The quantitative estimate of drug-likeness (QED) is 0.939. The van der Waals surface area contributed by atoms with Crippen molar-refractivity contribution in [1.82, 2.24) is 14.7 Å². The minimum Gasteiger partial charge on any atom is -0.494 e. The normalized spacial score (nSPS) is 16.1. The SMILES string of the molecule is COc1cccn2c(CC3CNC3)nc(Br)c12. The van der Waals surface area contributed by atoms with Crippen LogP contribution in [-0.4, -0.2) is 29.6 Å². The fourth-order valence-corrected chi connectivity index (χ4v) is 2.78. The molecule has 90 valence electrons. The van der Waals surface area contributed by atoms with Gasteiger partial charge in [0.2, 0.25) is 0 Å². The van der Waals surface area contributed by atoms with Crippen LogP contribution in [0.2, 0.25) is 0 Å². The molecule has 0 radical (unpaired) electrons. The number of fused-ring (bicyclic) bond motifs is 1. The average molecular weight is 296 g/mol. The molecule has 2 aromatic heterocycles. The fraction of sp³-hybridized carbons (Fsp3) is 0.417. The summed E-state index contributed by atoms with van der Waals surface area (Å²) in [5.74, 6) is 2.65. The molecule has 0 amide bonds. The molecule has 1 saturated heterocycles. The van der Waals surface area contributed by atoms with Crippen molar-refractivity contribution in [3.05, 3.63) is 28.8 Å². The summed E-state index contributed by atoms with van der Waals surface area (Å²) in [4.78, 5) is 4.59. The van der Waals surface area contributed by atoms with E-state index in [-0.39, 0.29) is 0 Å². The molecule has 5 heteroatoms. The number of methoxy groups -OCH3 is 1. The summed E-state index contributed by atoms with van der Waals surface area (Å²) in [7, 11) is 1.68. The van der Waals surface area contributed by atoms with E-state index in [9.17, 15) is 0 Å². The summed E-state index contributed by atoms with van der Waals surface area (Å²) in [6, 6.07) is 3.94. The van der Waals surface area contributed by atoms with Crippen LogP contribution in [0.3, 0.4) is 0 Å². The molecule has 1 aliphatic rings. The van der Waals surface area contributed by atoms with Gasteiger partial charge in [-0.15, -0.1) is 0 Å². The number of nitrogens with one attached hydrogen (secondary N) is 1. The Kier molecular flexibility index (Phi) is 2.80. The average Bonchev–Trinajstić information content (AvgIpc) is 2.61. The topological polar surface area (TPSA) is 38.6 Å². The molecule has 2 aromatic rings. The van der Waals surface area contributed by atoms with Crippen LogP contribution in [0.15, 0.2) is 22.9 Å². The van der Waals surface area contributed by atoms with Crippen LogP contribution in [0, 0.1) is 5.92 Å². The molecular formula is C12H14BrN3O. The van der Waals surface area contributed by atoms with E-state index in [0.29, 0.717) is 5.92 Å². The predicted molar refractivity (Wildman–Crippen MR) is 69.5 cm³/mol. The van der Waals surface area contributed by atoms with Crippen molar-refractivity contribution in [2.45, 2.75) is 6.42 Å². The molecule has 3 heterocycles. The van der Waals surface area contributed by atoms with E-state index in [0.717, 1.165) is 41.2 Å². The molecule has 3 rings (SSSR count). The van der Waals surface area contributed by atoms with Gasteiger partial charge in [0.1, 0.15) is 21.7 Å². The molecule has 17 heavy (non-hydrogen) atoms. The number of nitrogens with zero attached hydrogens (tertiary/aromatic N) is 2. The Morgan fingerprint density at radius 2 is 2.41 bits per heavy atom. The third-order valence-electron chi connectivity index (χ3n) is 3.21. The van der Waals surface area contributed by atoms with Crippen molar-refractivity contribution >= 4 is 21.4 Å². The van der Waals surface area contributed by atoms with Gasteiger partial charge in [0, 0.05) is 12.6 Å². The van der Waals surface area contributed by atoms with Gasteiger partial charge < -0.3 is 10.1 Å². The Morgan fingerprint density at radius 3 is 3.06 bits per heavy atom. The summed E-state index contributed by atoms with van der Waals surface area (Å²) < 4.78 is 8.33. The largest absolute Gasteiger partial charge is 0.494 e. The first-order valence-corrected chi connectivity index (χ1v) is 6.49. The molecule has 0 aliphatic carbocycles. The van der Waals surface area contributed by atoms with Gasteiger partial charge in [0.25, 0.3) is 0 Å². The molecule has 0 unspecified atom stereocenters. The lowest BCUT2D eigenvalue weighted by atomic mass is 9.99. The smallest absolute Gasteiger partial charge is 0.145 e. The van der Waals surface area contributed by atoms with E-state index in [2.05, 4.69) is 30.6 Å². The summed E-state index contributed by atoms with van der Waals surface area (Å²) in [6.07, 6.45) is 3.05. The molecule has 0 atom stereocenters. The van der Waals surface area contributed by atoms with Gasteiger partial charge in [-0.05, 0) is 47.1 Å². The predicted octanol–water partition coefficient (Wildman–Crippen LogP) is 1.87. The molecule has 0 spiro atoms. The van der Waals surface area contributed by atoms with Crippen molar-refractivity contribution < 1.29 is 4.74 Å². The monoisotopic (exact) mass is 295 g/mol. The van der Waals surface area contributed by atoms with Crippen molar-refractivity contribution in [2.75, 3.05) is 20.2 Å². The lowest BCUT2D eigenvalue weighted by Gasteiger charge is -2.26. The van der Waals surface area contributed by atoms with E-state index in [1.54, 1.807) is 7.11 Å². The van der Waals surface area contributed by atoms with Crippen LogP contribution in [0.1, 0.15) is 5.82 Å². The highest BCUT2D eigenvalue weighted by Gasteiger charge is 2.21. The second kappa shape index (κ2) is 4.31. The maximum absolute atomic E-state index is 5.36. The third-order valence-corrected chi connectivity index (χ3v) is 3.77. The second-order valence-electron chi connectivity index (χ2n) is 4.34. The number of hydrogen-bond acceptors (Lipinski definition) is 3. The molecule has 1 fully saturated rings. The number of ether oxygens (including phenoxy) is 1. The number of halogens is 1. The summed E-state index contributed by atoms with van der Waals surface area (Å²) in [5, 5.41) is 3.29. The molecule has 1 N–H and O–H groups in total. The van der Waals surface area contributed by atoms with E-state index >= 15 is 0 Å². The first-order chi connectivity index (χ1) is 8.29. The summed E-state index contributed by atoms with van der Waals surface area (Å²) >= 11 is 3.51. The van der Waals surface area contributed by atoms with Gasteiger partial charge in [-0.3, -0.25) is 4.40 Å². The molecule has 4 nitrogen and oxygen atoms in total. The van der Waals surface area contributed by atoms with Gasteiger partial charge in [0.15, 0.2) is 0 Å². The lowest BCUT2D eigenvalue weighted by Crippen LogP contribution is -2.43. The number of imidazole rings is 1. The summed E-state index contributed by atoms with van der Waals surface area (Å²) in [5.41, 5.74) is 1.01. The van der Waals surface area contributed by atoms with Gasteiger partial charge >= 0.3 is 0 Å². The van der Waals surface area contributed by atoms with E-state index in [1.807, 2.05) is 18.3 Å². The van der Waals surface area contributed by atoms with Crippen molar-refractivity contribution in [3.8, 4) is 5.75 Å². The van der Waals surface area contributed by atoms with Crippen LogP contribution in [0.5, 0.6) is 5.75 Å². The van der Waals surface area contributed by atoms with Crippen molar-refractivity contribution in [3.63, 3.8) is 0 Å². The van der Waals surface area contributed by atoms with E-state index in [1.165, 1.54) is 0 Å². The molecular weight excluding hydrogens is 282 g/mol. The van der Waals surface area contributed by atoms with Crippen molar-refractivity contribution in [2.24, 2.45) is 5.92 Å². The van der Waals surface area contributed by atoms with Gasteiger partial charge in [0.05, 0.1) is 7.11 Å². The zero-order chi connectivity index (χ0) is 11.8. The van der Waals surface area contributed by atoms with Gasteiger partial charge in [-0.1, -0.05) is 0 Å². The third kappa shape index (κ3) is 1.83. The minimum atomic E-state index is 0.707. The van der Waals surface area contributed by atoms with Crippen LogP contribution >= 0.6 is 15.9 Å². The van der Waals surface area contributed by atoms with Crippen LogP contribution in [0.4, 0.5) is 0 Å². The maximum atomic E-state index is 5.36. The van der Waals surface area contributed by atoms with Gasteiger partial charge in [-0.25, -0.2) is 4.98 Å². The Bertz CT molecular complexity index is 548. The highest BCUT2D eigenvalue weighted by atomic mass is 79.9. The standard InChI is InChI=1S/C12H14BrN3O/c1-17-9-3-2-4-16-10(5-8-6-14-7-8)15-12(13)11(9)16/h2-4,8,14H,5-7H2,1H3. The molecule has 0 saturated carbocycles. The zero-order valence-corrected chi connectivity index (χ0v) is 11.2. The van der Waals surface area contributed by atoms with E-state index in [4.69, 9.17) is 4.74 Å². The fourth-order valence-electron chi connectivity index (χ4n) is 2.18. The van der Waals surface area contributed by atoms with Crippen LogP contribution in [0.25, 0.3) is 5.52 Å². The first-order valence-electron chi connectivity index (χ1n) is 5.69. The Balaban J connectivity index is 2.06. The Labute approximate surface area is 108 Å². The first kappa shape index (κ1) is 11.0. The number of aromatic nitrogens is 2. The minimum absolute atomic E-state index is 0.707. The molecule has 1 aliphatic heterocycles. The van der Waals surface area contributed by atoms with Gasteiger partial charge in [-0.2, -0.15) is 0 Å². The lowest BCUT2D eigenvalue weighted by molar-refractivity contribution is 0.340. The number of pyridine rings is 1. The molecule has 0 aromatic carbocycles. The zero-order valence-electron chi connectivity index (χ0n) is 9.61.